The number of fused-ring (bicyclic) bond motifs is 3. The van der Waals surface area contributed by atoms with Crippen LogP contribution in [0, 0.1) is 6.92 Å². The minimum atomic E-state index is 0.0834. The number of halogens is 1. The molecule has 3 aromatic rings. The van der Waals surface area contributed by atoms with Gasteiger partial charge in [-0.1, -0.05) is 41.4 Å². The van der Waals surface area contributed by atoms with E-state index in [0.717, 1.165) is 40.8 Å². The lowest BCUT2D eigenvalue weighted by Gasteiger charge is -2.14. The molecule has 1 aromatic heterocycles. The maximum atomic E-state index is 12.8. The van der Waals surface area contributed by atoms with E-state index in [9.17, 15) is 4.79 Å². The molecule has 0 saturated carbocycles. The summed E-state index contributed by atoms with van der Waals surface area (Å²) in [5.41, 5.74) is 5.83. The Morgan fingerprint density at radius 2 is 1.96 bits per heavy atom. The van der Waals surface area contributed by atoms with Gasteiger partial charge in [-0.3, -0.25) is 4.79 Å². The van der Waals surface area contributed by atoms with Gasteiger partial charge in [0, 0.05) is 21.5 Å². The monoisotopic (exact) mass is 321 g/mol. The van der Waals surface area contributed by atoms with Crippen molar-refractivity contribution in [2.45, 2.75) is 19.8 Å². The first-order chi connectivity index (χ1) is 11.1. The van der Waals surface area contributed by atoms with Crippen LogP contribution in [0.4, 0.5) is 0 Å². The first-order valence-corrected chi connectivity index (χ1v) is 8.12. The summed E-state index contributed by atoms with van der Waals surface area (Å²) in [6.07, 6.45) is 3.54. The van der Waals surface area contributed by atoms with Crippen molar-refractivity contribution in [1.29, 1.82) is 0 Å². The van der Waals surface area contributed by atoms with Crippen LogP contribution in [0.1, 0.15) is 33.6 Å². The zero-order valence-electron chi connectivity index (χ0n) is 12.8. The van der Waals surface area contributed by atoms with Crippen LogP contribution in [0.3, 0.4) is 0 Å². The fourth-order valence-electron chi connectivity index (χ4n) is 3.27. The highest BCUT2D eigenvalue weighted by Crippen LogP contribution is 2.33. The lowest BCUT2D eigenvalue weighted by atomic mass is 9.89. The third kappa shape index (κ3) is 2.40. The Hall–Kier alpha value is -2.32. The Bertz CT molecular complexity index is 965. The van der Waals surface area contributed by atoms with Crippen molar-refractivity contribution in [3.05, 3.63) is 75.4 Å². The maximum Gasteiger partial charge on any atom is 0.205 e. The van der Waals surface area contributed by atoms with E-state index >= 15 is 0 Å². The Morgan fingerprint density at radius 1 is 1.13 bits per heavy atom. The topological polar surface area (TPSA) is 32.9 Å². The van der Waals surface area contributed by atoms with Crippen LogP contribution in [0.25, 0.3) is 17.0 Å². The number of benzene rings is 2. The second-order valence-corrected chi connectivity index (χ2v) is 6.46. The second kappa shape index (κ2) is 5.39. The van der Waals surface area contributed by atoms with Gasteiger partial charge in [0.25, 0.3) is 0 Å². The van der Waals surface area contributed by atoms with Crippen molar-refractivity contribution in [2.24, 2.45) is 0 Å². The van der Waals surface area contributed by atoms with Gasteiger partial charge in [-0.05, 0) is 55.2 Å². The molecule has 0 unspecified atom stereocenters. The molecular formula is C20H16ClNO. The Balaban J connectivity index is 1.81. The third-order valence-corrected chi connectivity index (χ3v) is 4.80. The predicted octanol–water partition coefficient (Wildman–Crippen LogP) is 5.34. The Kier molecular flexibility index (Phi) is 3.35. The van der Waals surface area contributed by atoms with Gasteiger partial charge in [-0.25, -0.2) is 0 Å². The van der Waals surface area contributed by atoms with Crippen LogP contribution in [0.2, 0.25) is 5.02 Å². The summed E-state index contributed by atoms with van der Waals surface area (Å²) in [6, 6.07) is 13.9. The number of Topliss-reactive ketones (excluding diaryl/α,β-unsaturated/α-hetero) is 1. The van der Waals surface area contributed by atoms with E-state index in [1.165, 1.54) is 10.9 Å². The molecule has 0 saturated heterocycles. The number of rotatable bonds is 1. The van der Waals surface area contributed by atoms with E-state index in [0.29, 0.717) is 5.02 Å². The minimum Gasteiger partial charge on any atom is -0.352 e. The molecule has 0 fully saturated rings. The number of ketones is 1. The molecule has 0 spiro atoms. The Labute approximate surface area is 139 Å². The molecule has 4 rings (SSSR count). The van der Waals surface area contributed by atoms with E-state index in [1.54, 1.807) is 0 Å². The summed E-state index contributed by atoms with van der Waals surface area (Å²) in [5, 5.41) is 1.84. The quantitative estimate of drug-likeness (QED) is 0.603. The first kappa shape index (κ1) is 14.3. The molecular weight excluding hydrogens is 306 g/mol. The molecule has 1 heterocycles. The summed E-state index contributed by atoms with van der Waals surface area (Å²) < 4.78 is 0. The van der Waals surface area contributed by atoms with E-state index in [1.807, 2.05) is 36.4 Å². The van der Waals surface area contributed by atoms with Crippen molar-refractivity contribution >= 4 is 34.4 Å². The fraction of sp³-hybridized carbons (Fsp3) is 0.150. The summed E-state index contributed by atoms with van der Waals surface area (Å²) in [7, 11) is 0. The van der Waals surface area contributed by atoms with Gasteiger partial charge in [-0.2, -0.15) is 0 Å². The standard InChI is InChI=1S/C20H16ClNO/c1-12-6-9-18-16(10-12)15-8-7-14(20(23)19(15)22-18)11-13-4-2-3-5-17(13)21/h2-6,9-11,22H,7-8H2,1H3/b14-11-. The van der Waals surface area contributed by atoms with Crippen LogP contribution in [-0.2, 0) is 6.42 Å². The number of aromatic nitrogens is 1. The third-order valence-electron chi connectivity index (χ3n) is 4.46. The van der Waals surface area contributed by atoms with Crippen molar-refractivity contribution in [2.75, 3.05) is 0 Å². The number of aromatic amines is 1. The largest absolute Gasteiger partial charge is 0.352 e. The van der Waals surface area contributed by atoms with E-state index < -0.39 is 0 Å². The van der Waals surface area contributed by atoms with E-state index in [2.05, 4.69) is 24.0 Å². The molecule has 2 aromatic carbocycles. The Morgan fingerprint density at radius 3 is 2.78 bits per heavy atom. The lowest BCUT2D eigenvalue weighted by Crippen LogP contribution is -2.13. The van der Waals surface area contributed by atoms with Gasteiger partial charge in [0.15, 0.2) is 0 Å². The number of nitrogens with one attached hydrogen (secondary N) is 1. The summed E-state index contributed by atoms with van der Waals surface area (Å²) in [4.78, 5) is 16.1. The van der Waals surface area contributed by atoms with Gasteiger partial charge in [0.1, 0.15) is 0 Å². The maximum absolute atomic E-state index is 12.8. The molecule has 1 aliphatic rings. The van der Waals surface area contributed by atoms with Crippen LogP contribution in [0.15, 0.2) is 48.0 Å². The van der Waals surface area contributed by atoms with Crippen molar-refractivity contribution in [3.63, 3.8) is 0 Å². The van der Waals surface area contributed by atoms with Gasteiger partial charge in [0.2, 0.25) is 5.78 Å². The number of aryl methyl sites for hydroxylation is 2. The first-order valence-electron chi connectivity index (χ1n) is 7.74. The van der Waals surface area contributed by atoms with Crippen LogP contribution in [-0.4, -0.2) is 10.8 Å². The number of hydrogen-bond acceptors (Lipinski definition) is 1. The number of hydrogen-bond donors (Lipinski definition) is 1. The molecule has 3 heteroatoms. The molecule has 0 radical (unpaired) electrons. The highest BCUT2D eigenvalue weighted by Gasteiger charge is 2.25. The smallest absolute Gasteiger partial charge is 0.205 e. The summed E-state index contributed by atoms with van der Waals surface area (Å²) in [5.74, 6) is 0.0834. The van der Waals surface area contributed by atoms with Crippen molar-refractivity contribution in [3.8, 4) is 0 Å². The lowest BCUT2D eigenvalue weighted by molar-refractivity contribution is 0.102. The average molecular weight is 322 g/mol. The summed E-state index contributed by atoms with van der Waals surface area (Å²) in [6.45, 7) is 2.08. The van der Waals surface area contributed by atoms with Gasteiger partial charge in [0.05, 0.1) is 5.69 Å². The molecule has 0 bridgehead atoms. The highest BCUT2D eigenvalue weighted by atomic mass is 35.5. The number of H-pyrrole nitrogens is 1. The molecule has 114 valence electrons. The average Bonchev–Trinajstić information content (AvgIpc) is 2.91. The number of carbonyl (C=O) groups is 1. The molecule has 2 nitrogen and oxygen atoms in total. The number of carbonyl (C=O) groups excluding carboxylic acids is 1. The fourth-order valence-corrected chi connectivity index (χ4v) is 3.46. The van der Waals surface area contributed by atoms with Gasteiger partial charge < -0.3 is 4.98 Å². The summed E-state index contributed by atoms with van der Waals surface area (Å²) >= 11 is 6.21. The molecule has 1 aliphatic carbocycles. The molecule has 0 aliphatic heterocycles. The van der Waals surface area contributed by atoms with Crippen LogP contribution in [0.5, 0.6) is 0 Å². The molecule has 0 atom stereocenters. The normalized spacial score (nSPS) is 16.1. The van der Waals surface area contributed by atoms with Crippen LogP contribution >= 0.6 is 11.6 Å². The predicted molar refractivity (Wildman–Crippen MR) is 95.1 cm³/mol. The number of allylic oxidation sites excluding steroid dienone is 1. The SMILES string of the molecule is Cc1ccc2[nH]c3c(c2c1)CC/C(=C/c1ccccc1Cl)C3=O. The second-order valence-electron chi connectivity index (χ2n) is 6.05. The molecule has 23 heavy (non-hydrogen) atoms. The van der Waals surface area contributed by atoms with E-state index in [4.69, 9.17) is 11.6 Å². The molecule has 0 amide bonds. The minimum absolute atomic E-state index is 0.0834. The molecule has 1 N–H and O–H groups in total. The zero-order valence-corrected chi connectivity index (χ0v) is 13.6. The van der Waals surface area contributed by atoms with Gasteiger partial charge >= 0.3 is 0 Å². The van der Waals surface area contributed by atoms with Crippen LogP contribution < -0.4 is 0 Å². The highest BCUT2D eigenvalue weighted by molar-refractivity contribution is 6.32. The van der Waals surface area contributed by atoms with Crippen molar-refractivity contribution in [1.82, 2.24) is 4.98 Å². The van der Waals surface area contributed by atoms with Gasteiger partial charge in [-0.15, -0.1) is 0 Å². The van der Waals surface area contributed by atoms with E-state index in [-0.39, 0.29) is 5.78 Å². The van der Waals surface area contributed by atoms with Crippen molar-refractivity contribution < 1.29 is 4.79 Å². The zero-order chi connectivity index (χ0) is 16.0.